The molecule has 0 aliphatic heterocycles. The number of hydrogen-bond donors (Lipinski definition) is 2. The highest BCUT2D eigenvalue weighted by molar-refractivity contribution is 6.05. The number of anilines is 1. The van der Waals surface area contributed by atoms with Crippen LogP contribution in [0.5, 0.6) is 5.75 Å². The van der Waals surface area contributed by atoms with Gasteiger partial charge in [0.2, 0.25) is 11.8 Å². The molecule has 0 radical (unpaired) electrons. The Bertz CT molecular complexity index is 1040. The lowest BCUT2D eigenvalue weighted by Gasteiger charge is -2.07. The van der Waals surface area contributed by atoms with E-state index in [9.17, 15) is 9.59 Å². The average Bonchev–Trinajstić information content (AvgIpc) is 2.79. The Hall–Kier alpha value is -3.93. The van der Waals surface area contributed by atoms with Crippen molar-refractivity contribution >= 4 is 23.2 Å². The van der Waals surface area contributed by atoms with Crippen molar-refractivity contribution in [2.75, 3.05) is 12.4 Å². The highest BCUT2D eigenvalue weighted by Crippen LogP contribution is 2.19. The van der Waals surface area contributed by atoms with Gasteiger partial charge in [-0.05, 0) is 47.9 Å². The first-order valence-corrected chi connectivity index (χ1v) is 9.94. The van der Waals surface area contributed by atoms with Crippen molar-refractivity contribution in [3.05, 3.63) is 84.4 Å². The molecule has 2 N–H and O–H groups in total. The van der Waals surface area contributed by atoms with Gasteiger partial charge in [0.25, 0.3) is 0 Å². The molecule has 2 amide bonds. The van der Waals surface area contributed by atoms with Gasteiger partial charge in [0, 0.05) is 11.4 Å². The predicted molar refractivity (Wildman–Crippen MR) is 123 cm³/mol. The van der Waals surface area contributed by atoms with Crippen LogP contribution in [0.2, 0.25) is 0 Å². The summed E-state index contributed by atoms with van der Waals surface area (Å²) in [5, 5.41) is 6.81. The first-order chi connectivity index (χ1) is 15.0. The molecule has 6 nitrogen and oxygen atoms in total. The summed E-state index contributed by atoms with van der Waals surface area (Å²) in [5.74, 6) is 0.271. The Balaban J connectivity index is 1.46. The van der Waals surface area contributed by atoms with Crippen molar-refractivity contribution in [2.24, 2.45) is 5.10 Å². The van der Waals surface area contributed by atoms with Crippen molar-refractivity contribution in [3.63, 3.8) is 0 Å². The molecule has 3 rings (SSSR count). The molecule has 0 unspecified atom stereocenters. The molecule has 0 aliphatic carbocycles. The van der Waals surface area contributed by atoms with E-state index in [2.05, 4.69) is 15.8 Å². The minimum absolute atomic E-state index is 0.0814. The second kappa shape index (κ2) is 10.7. The third-order valence-corrected chi connectivity index (χ3v) is 4.59. The normalized spacial score (nSPS) is 11.0. The van der Waals surface area contributed by atoms with E-state index in [0.29, 0.717) is 17.1 Å². The number of rotatable bonds is 8. The number of methoxy groups -OCH3 is 1. The van der Waals surface area contributed by atoms with Crippen molar-refractivity contribution in [2.45, 2.75) is 19.8 Å². The highest BCUT2D eigenvalue weighted by atomic mass is 16.5. The molecule has 0 saturated carbocycles. The molecule has 0 fully saturated rings. The summed E-state index contributed by atoms with van der Waals surface area (Å²) in [6.07, 6.45) is 0.294. The van der Waals surface area contributed by atoms with Gasteiger partial charge in [0.1, 0.15) is 5.75 Å². The van der Waals surface area contributed by atoms with E-state index in [1.807, 2.05) is 54.6 Å². The monoisotopic (exact) mass is 415 g/mol. The van der Waals surface area contributed by atoms with Gasteiger partial charge in [0.05, 0.1) is 20.0 Å². The van der Waals surface area contributed by atoms with E-state index in [1.165, 1.54) is 0 Å². The third kappa shape index (κ3) is 6.82. The first-order valence-electron chi connectivity index (χ1n) is 9.94. The topological polar surface area (TPSA) is 79.8 Å². The van der Waals surface area contributed by atoms with Crippen LogP contribution in [0, 0.1) is 0 Å². The van der Waals surface area contributed by atoms with E-state index in [0.717, 1.165) is 16.7 Å². The van der Waals surface area contributed by atoms with Crippen LogP contribution in [-0.4, -0.2) is 24.6 Å². The summed E-state index contributed by atoms with van der Waals surface area (Å²) >= 11 is 0. The molecular formula is C25H25N3O3. The van der Waals surface area contributed by atoms with Crippen LogP contribution in [0.4, 0.5) is 5.69 Å². The van der Waals surface area contributed by atoms with Crippen LogP contribution in [0.25, 0.3) is 11.1 Å². The fourth-order valence-corrected chi connectivity index (χ4v) is 2.98. The molecule has 0 aromatic heterocycles. The Morgan fingerprint density at radius 3 is 2.13 bits per heavy atom. The number of carbonyl (C=O) groups is 2. The molecule has 3 aromatic carbocycles. The van der Waals surface area contributed by atoms with Gasteiger partial charge in [-0.2, -0.15) is 5.10 Å². The van der Waals surface area contributed by atoms with E-state index in [1.54, 1.807) is 38.3 Å². The second-order valence-electron chi connectivity index (χ2n) is 7.08. The maximum Gasteiger partial charge on any atom is 0.244 e. The van der Waals surface area contributed by atoms with Crippen LogP contribution >= 0.6 is 0 Å². The summed E-state index contributed by atoms with van der Waals surface area (Å²) in [6.45, 7) is 1.70. The molecule has 158 valence electrons. The molecule has 31 heavy (non-hydrogen) atoms. The summed E-state index contributed by atoms with van der Waals surface area (Å²) < 4.78 is 5.09. The van der Waals surface area contributed by atoms with Crippen molar-refractivity contribution in [3.8, 4) is 16.9 Å². The van der Waals surface area contributed by atoms with Gasteiger partial charge in [-0.15, -0.1) is 0 Å². The number of ether oxygens (including phenoxy) is 1. The van der Waals surface area contributed by atoms with Crippen LogP contribution in [0.3, 0.4) is 0 Å². The second-order valence-corrected chi connectivity index (χ2v) is 7.08. The number of hydrogen-bond acceptors (Lipinski definition) is 4. The van der Waals surface area contributed by atoms with Gasteiger partial charge >= 0.3 is 0 Å². The predicted octanol–water partition coefficient (Wildman–Crippen LogP) is 4.43. The third-order valence-electron chi connectivity index (χ3n) is 4.59. The molecule has 0 bridgehead atoms. The number of nitrogens with zero attached hydrogens (tertiary/aromatic N) is 1. The molecular weight excluding hydrogens is 390 g/mol. The maximum absolute atomic E-state index is 12.2. The zero-order chi connectivity index (χ0) is 22.1. The Morgan fingerprint density at radius 1 is 0.839 bits per heavy atom. The summed E-state index contributed by atoms with van der Waals surface area (Å²) in [6, 6.07) is 25.0. The fraction of sp³-hybridized carbons (Fsp3) is 0.160. The lowest BCUT2D eigenvalue weighted by Crippen LogP contribution is -2.22. The summed E-state index contributed by atoms with van der Waals surface area (Å²) in [5.41, 5.74) is 6.82. The van der Waals surface area contributed by atoms with E-state index in [-0.39, 0.29) is 24.7 Å². The fourth-order valence-electron chi connectivity index (χ4n) is 2.98. The first kappa shape index (κ1) is 21.8. The summed E-state index contributed by atoms with van der Waals surface area (Å²) in [4.78, 5) is 24.3. The Labute approximate surface area is 182 Å². The van der Waals surface area contributed by atoms with E-state index in [4.69, 9.17) is 4.74 Å². The maximum atomic E-state index is 12.2. The van der Waals surface area contributed by atoms with Crippen LogP contribution < -0.4 is 15.5 Å². The lowest BCUT2D eigenvalue weighted by molar-refractivity contribution is -0.120. The van der Waals surface area contributed by atoms with Crippen LogP contribution in [-0.2, 0) is 16.0 Å². The minimum atomic E-state index is -0.234. The van der Waals surface area contributed by atoms with Crippen molar-refractivity contribution in [1.29, 1.82) is 0 Å². The van der Waals surface area contributed by atoms with Crippen LogP contribution in [0.15, 0.2) is 84.0 Å². The van der Waals surface area contributed by atoms with Crippen LogP contribution in [0.1, 0.15) is 18.9 Å². The van der Waals surface area contributed by atoms with Crippen molar-refractivity contribution in [1.82, 2.24) is 5.43 Å². The van der Waals surface area contributed by atoms with E-state index < -0.39 is 0 Å². The number of nitrogens with one attached hydrogen (secondary N) is 2. The van der Waals surface area contributed by atoms with Gasteiger partial charge in [-0.25, -0.2) is 5.43 Å². The molecule has 6 heteroatoms. The largest absolute Gasteiger partial charge is 0.497 e. The standard InChI is InChI=1S/C25H25N3O3/c1-18(16-24(29)26-22-12-14-23(31-2)15-13-22)27-28-25(30)17-19-8-10-21(11-9-19)20-6-4-3-5-7-20/h3-15H,16-17H2,1-2H3,(H,26,29)(H,28,30)/b27-18-. The molecule has 0 atom stereocenters. The number of amides is 2. The van der Waals surface area contributed by atoms with Gasteiger partial charge in [0.15, 0.2) is 0 Å². The van der Waals surface area contributed by atoms with E-state index >= 15 is 0 Å². The lowest BCUT2D eigenvalue weighted by atomic mass is 10.0. The molecule has 0 heterocycles. The number of carbonyl (C=O) groups excluding carboxylic acids is 2. The highest BCUT2D eigenvalue weighted by Gasteiger charge is 2.07. The SMILES string of the molecule is COc1ccc(NC(=O)C/C(C)=N\NC(=O)Cc2ccc(-c3ccccc3)cc2)cc1. The molecule has 0 aliphatic rings. The van der Waals surface area contributed by atoms with Gasteiger partial charge in [-0.3, -0.25) is 9.59 Å². The van der Waals surface area contributed by atoms with Gasteiger partial charge in [-0.1, -0.05) is 54.6 Å². The quantitative estimate of drug-likeness (QED) is 0.422. The minimum Gasteiger partial charge on any atom is -0.497 e. The zero-order valence-corrected chi connectivity index (χ0v) is 17.6. The number of benzene rings is 3. The molecule has 3 aromatic rings. The smallest absolute Gasteiger partial charge is 0.244 e. The van der Waals surface area contributed by atoms with Crippen molar-refractivity contribution < 1.29 is 14.3 Å². The molecule has 0 saturated heterocycles. The number of hydrazone groups is 1. The average molecular weight is 415 g/mol. The summed E-state index contributed by atoms with van der Waals surface area (Å²) in [7, 11) is 1.58. The Morgan fingerprint density at radius 2 is 1.48 bits per heavy atom. The Kier molecular flexibility index (Phi) is 7.54. The zero-order valence-electron chi connectivity index (χ0n) is 17.6. The van der Waals surface area contributed by atoms with Gasteiger partial charge < -0.3 is 10.1 Å². The molecule has 0 spiro atoms.